The second-order valence-electron chi connectivity index (χ2n) is 17.0. The molecule has 4 nitrogen and oxygen atoms in total. The predicted octanol–water partition coefficient (Wildman–Crippen LogP) is 17.0. The van der Waals surface area contributed by atoms with Crippen molar-refractivity contribution in [2.75, 3.05) is 13.2 Å². The quantitative estimate of drug-likeness (QED) is 0.0274. The molecule has 0 fully saturated rings. The maximum atomic E-state index is 14.0. The summed E-state index contributed by atoms with van der Waals surface area (Å²) in [6.45, 7) is 9.93. The van der Waals surface area contributed by atoms with E-state index in [4.69, 9.17) is 9.47 Å². The lowest BCUT2D eigenvalue weighted by Gasteiger charge is -2.18. The van der Waals surface area contributed by atoms with Crippen LogP contribution in [0.3, 0.4) is 0 Å². The molecule has 3 aromatic carbocycles. The van der Waals surface area contributed by atoms with E-state index in [9.17, 15) is 9.59 Å². The van der Waals surface area contributed by atoms with Crippen LogP contribution in [0.15, 0.2) is 47.2 Å². The van der Waals surface area contributed by atoms with Gasteiger partial charge in [0.05, 0.1) is 24.3 Å². The zero-order valence-corrected chi connectivity index (χ0v) is 37.5. The van der Waals surface area contributed by atoms with Gasteiger partial charge in [0, 0.05) is 30.9 Å². The normalized spacial score (nSPS) is 12.9. The molecule has 0 N–H and O–H groups in total. The van der Waals surface area contributed by atoms with Gasteiger partial charge in [-0.1, -0.05) is 156 Å². The first kappa shape index (κ1) is 45.1. The number of hydrogen-bond donors (Lipinski definition) is 0. The molecule has 0 amide bonds. The molecule has 0 aliphatic carbocycles. The van der Waals surface area contributed by atoms with Gasteiger partial charge in [-0.2, -0.15) is 0 Å². The molecular formula is C51H72O4S2. The summed E-state index contributed by atoms with van der Waals surface area (Å²) >= 11 is 3.32. The lowest BCUT2D eigenvalue weighted by Crippen LogP contribution is -2.15. The van der Waals surface area contributed by atoms with Gasteiger partial charge in [0.25, 0.3) is 0 Å². The first-order valence-electron chi connectivity index (χ1n) is 23.1. The molecule has 2 heterocycles. The van der Waals surface area contributed by atoms with E-state index in [-0.39, 0.29) is 11.9 Å². The van der Waals surface area contributed by atoms with Gasteiger partial charge in [-0.3, -0.25) is 0 Å². The van der Waals surface area contributed by atoms with Crippen molar-refractivity contribution in [2.45, 2.75) is 175 Å². The molecule has 312 valence electrons. The fraction of sp³-hybridized carbons (Fsp3) is 0.608. The molecule has 0 aliphatic heterocycles. The number of benzene rings is 3. The fourth-order valence-electron chi connectivity index (χ4n) is 8.54. The van der Waals surface area contributed by atoms with E-state index >= 15 is 0 Å². The Kier molecular flexibility index (Phi) is 19.7. The lowest BCUT2D eigenvalue weighted by atomic mass is 9.94. The Morgan fingerprint density at radius 1 is 0.491 bits per heavy atom. The third-order valence-electron chi connectivity index (χ3n) is 12.1. The van der Waals surface area contributed by atoms with Gasteiger partial charge in [-0.15, -0.1) is 22.7 Å². The summed E-state index contributed by atoms with van der Waals surface area (Å²) in [5.41, 5.74) is 1.29. The molecule has 0 radical (unpaired) electrons. The number of thiophene rings is 2. The summed E-state index contributed by atoms with van der Waals surface area (Å²) in [6.07, 6.45) is 29.3. The minimum absolute atomic E-state index is 0.214. The Hall–Kier alpha value is -2.96. The number of rotatable bonds is 29. The minimum atomic E-state index is -0.244. The van der Waals surface area contributed by atoms with Gasteiger partial charge in [0.15, 0.2) is 0 Å². The van der Waals surface area contributed by atoms with Crippen LogP contribution in [-0.4, -0.2) is 25.2 Å². The molecule has 0 spiro atoms. The zero-order valence-electron chi connectivity index (χ0n) is 35.9. The molecule has 5 aromatic rings. The molecule has 57 heavy (non-hydrogen) atoms. The van der Waals surface area contributed by atoms with E-state index in [2.05, 4.69) is 56.7 Å². The van der Waals surface area contributed by atoms with Gasteiger partial charge in [-0.05, 0) is 89.0 Å². The number of ether oxygens (including phenoxy) is 2. The third-order valence-corrected chi connectivity index (χ3v) is 14.0. The second-order valence-corrected chi connectivity index (χ2v) is 18.8. The van der Waals surface area contributed by atoms with Gasteiger partial charge >= 0.3 is 11.9 Å². The standard InChI is InChI=1S/C51H72O4S2/c1-5-8-11-14-17-18-21-24-27-39(26-23-20-16-13-10-7-3)37-55-51(53)47-35-41-33-44-40(32-45(41)49-43(47)29-31-57-49)34-46(42-28-30-56-48(42)44)50(52)54-36-38(4)25-22-19-15-12-9-6-2/h28-35,38-39H,5-27,36-37H2,1-4H3. The molecule has 2 aromatic heterocycles. The molecule has 2 atom stereocenters. The van der Waals surface area contributed by atoms with E-state index in [0.717, 1.165) is 61.0 Å². The van der Waals surface area contributed by atoms with Crippen LogP contribution >= 0.6 is 22.7 Å². The number of carbonyl (C=O) groups excluding carboxylic acids is 2. The maximum Gasteiger partial charge on any atom is 0.338 e. The Morgan fingerprint density at radius 2 is 0.877 bits per heavy atom. The van der Waals surface area contributed by atoms with Crippen molar-refractivity contribution in [1.29, 1.82) is 0 Å². The SMILES string of the molecule is CCCCCCCCCCC(CCCCCCCC)COC(=O)c1cc2cc3c(cc(C(=O)OCC(C)CCCCCCCC)c4ccsc43)cc2c2sccc12. The van der Waals surface area contributed by atoms with Crippen LogP contribution in [0.5, 0.6) is 0 Å². The van der Waals surface area contributed by atoms with Crippen LogP contribution in [0.4, 0.5) is 0 Å². The van der Waals surface area contributed by atoms with Crippen LogP contribution in [0.2, 0.25) is 0 Å². The van der Waals surface area contributed by atoms with Gasteiger partial charge in [0.1, 0.15) is 0 Å². The average molecular weight is 813 g/mol. The van der Waals surface area contributed by atoms with Crippen LogP contribution in [0, 0.1) is 11.8 Å². The van der Waals surface area contributed by atoms with E-state index in [1.165, 1.54) is 128 Å². The molecule has 0 saturated heterocycles. The van der Waals surface area contributed by atoms with Gasteiger partial charge in [-0.25, -0.2) is 9.59 Å². The Balaban J connectivity index is 1.27. The molecule has 6 heteroatoms. The van der Waals surface area contributed by atoms with E-state index < -0.39 is 0 Å². The monoisotopic (exact) mass is 812 g/mol. The van der Waals surface area contributed by atoms with E-state index in [1.807, 2.05) is 18.2 Å². The Bertz CT molecular complexity index is 1950. The Labute approximate surface area is 352 Å². The highest BCUT2D eigenvalue weighted by Crippen LogP contribution is 2.40. The highest BCUT2D eigenvalue weighted by atomic mass is 32.1. The lowest BCUT2D eigenvalue weighted by molar-refractivity contribution is 0.0421. The summed E-state index contributed by atoms with van der Waals surface area (Å²) in [5.74, 6) is 0.303. The predicted molar refractivity (Wildman–Crippen MR) is 249 cm³/mol. The fourth-order valence-corrected chi connectivity index (χ4v) is 10.4. The summed E-state index contributed by atoms with van der Waals surface area (Å²) in [5, 5.41) is 10.3. The van der Waals surface area contributed by atoms with Crippen molar-refractivity contribution >= 4 is 76.3 Å². The van der Waals surface area contributed by atoms with Crippen LogP contribution in [-0.2, 0) is 9.47 Å². The third kappa shape index (κ3) is 13.5. The molecule has 5 rings (SSSR count). The smallest absolute Gasteiger partial charge is 0.338 e. The summed E-state index contributed by atoms with van der Waals surface area (Å²) < 4.78 is 14.3. The van der Waals surface area contributed by atoms with Gasteiger partial charge in [0.2, 0.25) is 0 Å². The molecule has 0 aliphatic rings. The van der Waals surface area contributed by atoms with Crippen molar-refractivity contribution in [3.05, 3.63) is 58.3 Å². The van der Waals surface area contributed by atoms with E-state index in [0.29, 0.717) is 36.2 Å². The number of hydrogen-bond acceptors (Lipinski definition) is 6. The maximum absolute atomic E-state index is 14.0. The first-order valence-corrected chi connectivity index (χ1v) is 24.8. The van der Waals surface area contributed by atoms with Crippen molar-refractivity contribution < 1.29 is 19.1 Å². The zero-order chi connectivity index (χ0) is 40.2. The number of fused-ring (bicyclic) bond motifs is 6. The highest BCUT2D eigenvalue weighted by molar-refractivity contribution is 7.18. The van der Waals surface area contributed by atoms with Crippen molar-refractivity contribution in [2.24, 2.45) is 11.8 Å². The number of carbonyl (C=O) groups is 2. The number of unbranched alkanes of at least 4 members (excludes halogenated alkanes) is 17. The van der Waals surface area contributed by atoms with Crippen LogP contribution < -0.4 is 0 Å². The first-order chi connectivity index (χ1) is 27.9. The summed E-state index contributed by atoms with van der Waals surface area (Å²) in [6, 6.07) is 12.6. The number of esters is 2. The Morgan fingerprint density at radius 3 is 1.32 bits per heavy atom. The van der Waals surface area contributed by atoms with Crippen molar-refractivity contribution in [3.8, 4) is 0 Å². The molecule has 0 bridgehead atoms. The van der Waals surface area contributed by atoms with Crippen molar-refractivity contribution in [1.82, 2.24) is 0 Å². The molecular weight excluding hydrogens is 741 g/mol. The van der Waals surface area contributed by atoms with Crippen LogP contribution in [0.25, 0.3) is 41.7 Å². The summed E-state index contributed by atoms with van der Waals surface area (Å²) in [7, 11) is 0. The average Bonchev–Trinajstić information content (AvgIpc) is 3.92. The second kappa shape index (κ2) is 24.8. The van der Waals surface area contributed by atoms with Crippen molar-refractivity contribution in [3.63, 3.8) is 0 Å². The molecule has 0 saturated carbocycles. The minimum Gasteiger partial charge on any atom is -0.462 e. The summed E-state index contributed by atoms with van der Waals surface area (Å²) in [4.78, 5) is 27.6. The van der Waals surface area contributed by atoms with Gasteiger partial charge < -0.3 is 9.47 Å². The van der Waals surface area contributed by atoms with Crippen LogP contribution in [0.1, 0.15) is 196 Å². The highest BCUT2D eigenvalue weighted by Gasteiger charge is 2.21. The largest absolute Gasteiger partial charge is 0.462 e. The van der Waals surface area contributed by atoms with E-state index in [1.54, 1.807) is 22.7 Å². The molecule has 2 unspecified atom stereocenters. The topological polar surface area (TPSA) is 52.6 Å².